The average Bonchev–Trinajstić information content (AvgIpc) is 3.33. The van der Waals surface area contributed by atoms with Crippen LogP contribution in [0.15, 0.2) is 141 Å². The van der Waals surface area contributed by atoms with Crippen molar-refractivity contribution >= 4 is 47.8 Å². The van der Waals surface area contributed by atoms with Crippen molar-refractivity contribution in [2.75, 3.05) is 0 Å². The molecule has 1 unspecified atom stereocenters. The van der Waals surface area contributed by atoms with Crippen LogP contribution in [0, 0.1) is 0 Å². The molecule has 6 rings (SSSR count). The summed E-state index contributed by atoms with van der Waals surface area (Å²) < 4.78 is 59.0. The van der Waals surface area contributed by atoms with E-state index in [0.29, 0.717) is 5.56 Å². The van der Waals surface area contributed by atoms with Gasteiger partial charge in [0.15, 0.2) is 0 Å². The minimum Gasteiger partial charge on any atom is -0.384 e. The molecule has 5 aromatic rings. The minimum atomic E-state index is -4.39. The summed E-state index contributed by atoms with van der Waals surface area (Å²) in [5.41, 5.74) is 7.16. The van der Waals surface area contributed by atoms with E-state index in [0.717, 1.165) is 21.5 Å². The Morgan fingerprint density at radius 3 is 1.62 bits per heavy atom. The van der Waals surface area contributed by atoms with E-state index in [1.165, 1.54) is 24.3 Å². The van der Waals surface area contributed by atoms with E-state index in [4.69, 9.17) is 5.73 Å². The molecule has 1 aromatic heterocycles. The quantitative estimate of drug-likeness (QED) is 0.313. The van der Waals surface area contributed by atoms with Crippen molar-refractivity contribution in [2.24, 2.45) is 5.73 Å². The molecule has 1 aliphatic heterocycles. The monoisotopic (exact) mass is 612 g/mol. The summed E-state index contributed by atoms with van der Waals surface area (Å²) >= 11 is 0.967. The highest BCUT2D eigenvalue weighted by atomic mass is 32.2. The lowest BCUT2D eigenvalue weighted by atomic mass is 9.97. The van der Waals surface area contributed by atoms with Crippen molar-refractivity contribution in [3.8, 4) is 0 Å². The van der Waals surface area contributed by atoms with E-state index in [1.807, 2.05) is 30.3 Å². The lowest BCUT2D eigenvalue weighted by Crippen LogP contribution is -2.41. The first-order valence-electron chi connectivity index (χ1n) is 12.9. The molecule has 0 fully saturated rings. The standard InChI is InChI=1S/C32H24N2O5S3/c33-30-28(41(36,37)24-17-9-3-10-18-24)27(23-15-7-2-8-16-23)29(42(38,39)25-19-11-4-12-20-25)32-34(30)31(35)26(40-32)21-22-13-5-1-6-14-22/h1-21,27H,33H2/b26-21-. The fraction of sp³-hybridized carbons (Fsp3) is 0.0312. The third-order valence-corrected chi connectivity index (χ3v) is 12.0. The van der Waals surface area contributed by atoms with Crippen LogP contribution in [0.5, 0.6) is 0 Å². The fourth-order valence-electron chi connectivity index (χ4n) is 5.03. The number of nitrogens with zero attached hydrogens (tertiary/aromatic N) is 1. The van der Waals surface area contributed by atoms with Gasteiger partial charge in [0, 0.05) is 0 Å². The van der Waals surface area contributed by atoms with Crippen LogP contribution in [0.25, 0.3) is 16.8 Å². The second-order valence-corrected chi connectivity index (χ2v) is 14.4. The molecular formula is C32H24N2O5S3. The second kappa shape index (κ2) is 10.7. The van der Waals surface area contributed by atoms with Crippen LogP contribution in [-0.4, -0.2) is 21.4 Å². The molecule has 10 heteroatoms. The maximum absolute atomic E-state index is 14.5. The highest BCUT2D eigenvalue weighted by Gasteiger charge is 2.44. The molecule has 1 atom stereocenters. The Balaban J connectivity index is 1.81. The number of nitrogens with two attached hydrogens (primary N) is 1. The lowest BCUT2D eigenvalue weighted by molar-refractivity contribution is 0.598. The number of hydrogen-bond donors (Lipinski definition) is 1. The predicted molar refractivity (Wildman–Crippen MR) is 165 cm³/mol. The van der Waals surface area contributed by atoms with Crippen LogP contribution in [0.2, 0.25) is 0 Å². The van der Waals surface area contributed by atoms with Crippen LogP contribution in [-0.2, 0) is 19.7 Å². The summed E-state index contributed by atoms with van der Waals surface area (Å²) in [5, 5.41) is 0. The molecule has 1 aliphatic rings. The number of thiazole rings is 1. The Bertz CT molecular complexity index is 2220. The average molecular weight is 613 g/mol. The van der Waals surface area contributed by atoms with Crippen molar-refractivity contribution < 1.29 is 16.8 Å². The van der Waals surface area contributed by atoms with Crippen molar-refractivity contribution in [1.82, 2.24) is 4.57 Å². The summed E-state index contributed by atoms with van der Waals surface area (Å²) in [6.45, 7) is 0. The first-order chi connectivity index (χ1) is 20.2. The van der Waals surface area contributed by atoms with E-state index in [9.17, 15) is 21.6 Å². The summed E-state index contributed by atoms with van der Waals surface area (Å²) in [5.74, 6) is -1.65. The number of aromatic nitrogens is 1. The minimum absolute atomic E-state index is 0.0288. The van der Waals surface area contributed by atoms with Gasteiger partial charge in [-0.1, -0.05) is 97.1 Å². The van der Waals surface area contributed by atoms with Gasteiger partial charge in [0.2, 0.25) is 19.7 Å². The van der Waals surface area contributed by atoms with Gasteiger partial charge >= 0.3 is 0 Å². The van der Waals surface area contributed by atoms with Crippen molar-refractivity contribution in [2.45, 2.75) is 15.7 Å². The first kappa shape index (κ1) is 27.6. The Morgan fingerprint density at radius 2 is 1.10 bits per heavy atom. The Hall–Kier alpha value is -4.51. The SMILES string of the molecule is NC1=C(S(=O)(=O)c2ccccc2)C(c2ccccc2)C(S(=O)(=O)c2ccccc2)=c2s/c(=C\c3ccccc3)c(=O)n21. The van der Waals surface area contributed by atoms with Crippen LogP contribution < -0.4 is 20.5 Å². The molecule has 0 aliphatic carbocycles. The van der Waals surface area contributed by atoms with E-state index >= 15 is 0 Å². The number of hydrogen-bond acceptors (Lipinski definition) is 7. The van der Waals surface area contributed by atoms with Crippen LogP contribution >= 0.6 is 11.3 Å². The zero-order valence-corrected chi connectivity index (χ0v) is 24.4. The van der Waals surface area contributed by atoms with Gasteiger partial charge < -0.3 is 5.73 Å². The fourth-order valence-corrected chi connectivity index (χ4v) is 9.99. The zero-order valence-electron chi connectivity index (χ0n) is 22.0. The predicted octanol–water partition coefficient (Wildman–Crippen LogP) is 3.68. The summed E-state index contributed by atoms with van der Waals surface area (Å²) in [4.78, 5) is 13.2. The van der Waals surface area contributed by atoms with Gasteiger partial charge in [0.25, 0.3) is 5.56 Å². The van der Waals surface area contributed by atoms with Crippen LogP contribution in [0.3, 0.4) is 0 Å². The molecule has 0 saturated heterocycles. The molecule has 7 nitrogen and oxygen atoms in total. The van der Waals surface area contributed by atoms with Gasteiger partial charge in [-0.05, 0) is 41.5 Å². The van der Waals surface area contributed by atoms with Gasteiger partial charge in [-0.2, -0.15) is 0 Å². The van der Waals surface area contributed by atoms with Gasteiger partial charge in [-0.15, -0.1) is 11.3 Å². The van der Waals surface area contributed by atoms with E-state index in [2.05, 4.69) is 0 Å². The highest BCUT2D eigenvalue weighted by Crippen LogP contribution is 2.45. The third-order valence-electron chi connectivity index (χ3n) is 6.97. The van der Waals surface area contributed by atoms with Crippen molar-refractivity contribution in [3.63, 3.8) is 0 Å². The lowest BCUT2D eigenvalue weighted by Gasteiger charge is -2.28. The molecule has 0 radical (unpaired) electrons. The van der Waals surface area contributed by atoms with Crippen molar-refractivity contribution in [1.29, 1.82) is 0 Å². The molecule has 0 saturated carbocycles. The summed E-state index contributed by atoms with van der Waals surface area (Å²) in [6.07, 6.45) is 1.64. The molecule has 2 N–H and O–H groups in total. The molecule has 42 heavy (non-hydrogen) atoms. The van der Waals surface area contributed by atoms with Crippen molar-refractivity contribution in [3.05, 3.63) is 157 Å². The number of fused-ring (bicyclic) bond motifs is 1. The van der Waals surface area contributed by atoms with Gasteiger partial charge in [-0.3, -0.25) is 9.36 Å². The molecular weight excluding hydrogens is 589 g/mol. The number of allylic oxidation sites excluding steroid dienone is 1. The molecule has 0 spiro atoms. The van der Waals surface area contributed by atoms with Crippen LogP contribution in [0.1, 0.15) is 17.0 Å². The van der Waals surface area contributed by atoms with E-state index in [-0.39, 0.29) is 34.6 Å². The molecule has 4 aromatic carbocycles. The Morgan fingerprint density at radius 1 is 0.643 bits per heavy atom. The maximum atomic E-state index is 14.5. The summed E-state index contributed by atoms with van der Waals surface area (Å²) in [6, 6.07) is 33.0. The first-order valence-corrected chi connectivity index (χ1v) is 16.7. The Kier molecular flexibility index (Phi) is 7.05. The second-order valence-electron chi connectivity index (χ2n) is 9.56. The topological polar surface area (TPSA) is 116 Å². The largest absolute Gasteiger partial charge is 0.384 e. The number of rotatable bonds is 6. The van der Waals surface area contributed by atoms with Gasteiger partial charge in [0.05, 0.1) is 25.1 Å². The van der Waals surface area contributed by atoms with Crippen LogP contribution in [0.4, 0.5) is 0 Å². The van der Waals surface area contributed by atoms with E-state index < -0.39 is 31.2 Å². The van der Waals surface area contributed by atoms with Gasteiger partial charge in [0.1, 0.15) is 15.4 Å². The molecule has 0 amide bonds. The van der Waals surface area contributed by atoms with E-state index in [1.54, 1.807) is 72.8 Å². The highest BCUT2D eigenvalue weighted by molar-refractivity contribution is 8.00. The molecule has 210 valence electrons. The number of benzene rings is 4. The molecule has 2 heterocycles. The number of sulfone groups is 2. The third kappa shape index (κ3) is 4.63. The Labute approximate surface area is 246 Å². The van der Waals surface area contributed by atoms with Gasteiger partial charge in [-0.25, -0.2) is 16.8 Å². The normalized spacial score (nSPS) is 16.0. The summed E-state index contributed by atoms with van der Waals surface area (Å²) in [7, 11) is -8.74. The smallest absolute Gasteiger partial charge is 0.274 e. The maximum Gasteiger partial charge on any atom is 0.274 e. The molecule has 0 bridgehead atoms. The zero-order chi connectivity index (χ0) is 29.5.